The van der Waals surface area contributed by atoms with Crippen LogP contribution in [0.4, 0.5) is 10.5 Å². The Kier molecular flexibility index (Phi) is 6.99. The lowest BCUT2D eigenvalue weighted by Gasteiger charge is -2.47. The molecule has 1 N–H and O–H groups in total. The molecule has 41 heavy (non-hydrogen) atoms. The fourth-order valence-electron chi connectivity index (χ4n) is 6.68. The first-order valence-electron chi connectivity index (χ1n) is 14.2. The highest BCUT2D eigenvalue weighted by atomic mass is 16.5. The van der Waals surface area contributed by atoms with Crippen molar-refractivity contribution in [1.29, 1.82) is 0 Å². The smallest absolute Gasteiger partial charge is 0.335 e. The van der Waals surface area contributed by atoms with E-state index in [1.54, 1.807) is 36.4 Å². The molecule has 212 valence electrons. The van der Waals surface area contributed by atoms with Crippen molar-refractivity contribution in [1.82, 2.24) is 14.8 Å². The topological polar surface area (TPSA) is 101 Å². The molecule has 6 rings (SSSR count). The van der Waals surface area contributed by atoms with E-state index >= 15 is 0 Å². The van der Waals surface area contributed by atoms with E-state index in [0.717, 1.165) is 28.1 Å². The molecule has 2 bridgehead atoms. The van der Waals surface area contributed by atoms with E-state index in [4.69, 9.17) is 4.74 Å². The highest BCUT2D eigenvalue weighted by Crippen LogP contribution is 2.39. The minimum Gasteiger partial charge on any atom is -0.494 e. The van der Waals surface area contributed by atoms with Gasteiger partial charge in [0.15, 0.2) is 0 Å². The number of nitrogens with zero attached hydrogens (tertiary/aromatic N) is 3. The first kappa shape index (κ1) is 27.0. The van der Waals surface area contributed by atoms with Gasteiger partial charge >= 0.3 is 6.03 Å². The third kappa shape index (κ3) is 4.95. The number of likely N-dealkylation sites (tertiary alicyclic amines) is 1. The van der Waals surface area contributed by atoms with E-state index < -0.39 is 23.3 Å². The zero-order valence-electron chi connectivity index (χ0n) is 23.3. The highest BCUT2D eigenvalue weighted by molar-refractivity contribution is 6.30. The van der Waals surface area contributed by atoms with Crippen LogP contribution in [-0.4, -0.2) is 53.6 Å². The van der Waals surface area contributed by atoms with E-state index in [0.29, 0.717) is 37.7 Å². The number of aromatic nitrogens is 1. The summed E-state index contributed by atoms with van der Waals surface area (Å²) in [5.74, 6) is -0.143. The number of amides is 4. The van der Waals surface area contributed by atoms with Crippen LogP contribution in [0, 0.1) is 18.3 Å². The monoisotopic (exact) mass is 554 g/mol. The number of rotatable bonds is 7. The van der Waals surface area contributed by atoms with Gasteiger partial charge in [-0.1, -0.05) is 35.9 Å². The van der Waals surface area contributed by atoms with Crippen molar-refractivity contribution in [2.75, 3.05) is 31.1 Å². The number of carbonyl (C=O) groups excluding carboxylic acids is 3. The van der Waals surface area contributed by atoms with Crippen molar-refractivity contribution in [3.63, 3.8) is 0 Å². The van der Waals surface area contributed by atoms with Crippen LogP contribution in [0.1, 0.15) is 36.1 Å². The number of ether oxygens (including phenoxy) is 1. The van der Waals surface area contributed by atoms with Gasteiger partial charge in [-0.15, -0.1) is 0 Å². The van der Waals surface area contributed by atoms with Gasteiger partial charge in [0, 0.05) is 43.9 Å². The molecule has 3 aliphatic rings. The van der Waals surface area contributed by atoms with E-state index in [-0.39, 0.29) is 30.4 Å². The number of fused-ring (bicyclic) bond motifs is 4. The number of imide groups is 2. The summed E-state index contributed by atoms with van der Waals surface area (Å²) in [5, 5.41) is 2.51. The van der Waals surface area contributed by atoms with Gasteiger partial charge in [0.2, 0.25) is 5.91 Å². The Hall–Kier alpha value is -4.24. The Morgan fingerprint density at radius 2 is 1.68 bits per heavy atom. The number of pyridine rings is 1. The lowest BCUT2D eigenvalue weighted by atomic mass is 9.75. The van der Waals surface area contributed by atoms with Crippen molar-refractivity contribution in [3.8, 4) is 5.75 Å². The average Bonchev–Trinajstić information content (AvgIpc) is 2.95. The quantitative estimate of drug-likeness (QED) is 0.449. The molecule has 3 aromatic rings. The van der Waals surface area contributed by atoms with Crippen LogP contribution < -0.4 is 20.5 Å². The van der Waals surface area contributed by atoms with Crippen LogP contribution >= 0.6 is 0 Å². The van der Waals surface area contributed by atoms with E-state index in [9.17, 15) is 19.2 Å². The third-order valence-corrected chi connectivity index (χ3v) is 8.55. The Labute approximate surface area is 238 Å². The average molecular weight is 555 g/mol. The molecule has 2 aromatic carbocycles. The number of urea groups is 1. The first-order chi connectivity index (χ1) is 19.8. The summed E-state index contributed by atoms with van der Waals surface area (Å²) in [4.78, 5) is 57.2. The minimum atomic E-state index is -1.52. The molecule has 1 unspecified atom stereocenters. The van der Waals surface area contributed by atoms with Crippen LogP contribution in [0.25, 0.3) is 0 Å². The van der Waals surface area contributed by atoms with Gasteiger partial charge in [-0.25, -0.2) is 9.69 Å². The molecule has 0 spiro atoms. The van der Waals surface area contributed by atoms with E-state index in [2.05, 4.69) is 10.2 Å². The van der Waals surface area contributed by atoms with E-state index in [1.807, 2.05) is 48.7 Å². The number of hydrogen-bond donors (Lipinski definition) is 1. The molecule has 1 aromatic heterocycles. The van der Waals surface area contributed by atoms with Crippen LogP contribution in [0.5, 0.6) is 5.75 Å². The fourth-order valence-corrected chi connectivity index (χ4v) is 6.68. The maximum Gasteiger partial charge on any atom is 0.335 e. The van der Waals surface area contributed by atoms with Crippen LogP contribution in [0.3, 0.4) is 0 Å². The van der Waals surface area contributed by atoms with Gasteiger partial charge in [-0.2, -0.15) is 0 Å². The summed E-state index contributed by atoms with van der Waals surface area (Å²) >= 11 is 0. The number of anilines is 1. The molecule has 2 fully saturated rings. The molecular weight excluding hydrogens is 520 g/mol. The third-order valence-electron chi connectivity index (χ3n) is 8.55. The maximum absolute atomic E-state index is 14.5. The molecule has 9 nitrogen and oxygen atoms in total. The van der Waals surface area contributed by atoms with Gasteiger partial charge in [-0.05, 0) is 68.5 Å². The largest absolute Gasteiger partial charge is 0.494 e. The number of aryl methyl sites for hydroxylation is 1. The molecule has 4 amide bonds. The zero-order chi connectivity index (χ0) is 28.7. The van der Waals surface area contributed by atoms with Crippen molar-refractivity contribution in [2.45, 2.75) is 39.2 Å². The van der Waals surface area contributed by atoms with Crippen LogP contribution in [0.2, 0.25) is 0 Å². The summed E-state index contributed by atoms with van der Waals surface area (Å²) in [6, 6.07) is 19.2. The van der Waals surface area contributed by atoms with Gasteiger partial charge < -0.3 is 14.2 Å². The number of carbonyl (C=O) groups is 3. The zero-order valence-corrected chi connectivity index (χ0v) is 23.3. The predicted molar refractivity (Wildman–Crippen MR) is 154 cm³/mol. The molecule has 2 saturated heterocycles. The maximum atomic E-state index is 14.5. The number of piperidine rings is 1. The van der Waals surface area contributed by atoms with Gasteiger partial charge in [0.25, 0.3) is 11.5 Å². The Bertz CT molecular complexity index is 1550. The first-order valence-corrected chi connectivity index (χ1v) is 14.2. The van der Waals surface area contributed by atoms with Gasteiger partial charge in [-0.3, -0.25) is 19.7 Å². The summed E-state index contributed by atoms with van der Waals surface area (Å²) in [5.41, 5.74) is 1.77. The summed E-state index contributed by atoms with van der Waals surface area (Å²) in [7, 11) is 0. The second-order valence-electron chi connectivity index (χ2n) is 11.5. The highest BCUT2D eigenvalue weighted by Gasteiger charge is 2.55. The fraction of sp³-hybridized carbons (Fsp3) is 0.375. The Morgan fingerprint density at radius 3 is 2.41 bits per heavy atom. The number of benzene rings is 2. The number of nitrogens with one attached hydrogen (secondary N) is 1. The Balaban J connectivity index is 1.36. The Morgan fingerprint density at radius 1 is 0.927 bits per heavy atom. The molecular formula is C32H34N4O5. The normalized spacial score (nSPS) is 24.1. The minimum absolute atomic E-state index is 0.00726. The standard InChI is InChI=1S/C32H34N4O5/c1-3-41-26-13-11-25(12-14-26)36-30(39)32(29(38)33-31(36)40,16-22-9-7-21(2)8-10-22)20-34-17-23-15-24(19-34)27-5-4-6-28(37)35(27)18-23/h4-14,23-24H,3,15-20H2,1-2H3,(H,33,38,40)/t23-,24+,32?/m0/s1. The number of barbiturate groups is 1. The SMILES string of the molecule is CCOc1ccc(N2C(=O)NC(=O)C(Cc3ccc(C)cc3)(CN3C[C@@H]4C[C@H](C3)c3cccc(=O)n3C4)C2=O)cc1. The summed E-state index contributed by atoms with van der Waals surface area (Å²) in [6.45, 7) is 6.41. The van der Waals surface area contributed by atoms with Gasteiger partial charge in [0.1, 0.15) is 11.2 Å². The molecule has 3 aliphatic heterocycles. The van der Waals surface area contributed by atoms with Crippen molar-refractivity contribution in [2.24, 2.45) is 11.3 Å². The van der Waals surface area contributed by atoms with E-state index in [1.165, 1.54) is 0 Å². The summed E-state index contributed by atoms with van der Waals surface area (Å²) in [6.07, 6.45) is 1.11. The summed E-state index contributed by atoms with van der Waals surface area (Å²) < 4.78 is 7.40. The van der Waals surface area contributed by atoms with Crippen molar-refractivity contribution in [3.05, 3.63) is 93.9 Å². The lowest BCUT2D eigenvalue weighted by Crippen LogP contribution is -2.68. The lowest BCUT2D eigenvalue weighted by molar-refractivity contribution is -0.144. The van der Waals surface area contributed by atoms with Crippen LogP contribution in [-0.2, 0) is 22.6 Å². The molecule has 4 heterocycles. The molecule has 0 aliphatic carbocycles. The van der Waals surface area contributed by atoms with Gasteiger partial charge in [0.05, 0.1) is 12.3 Å². The van der Waals surface area contributed by atoms with Crippen molar-refractivity contribution >= 4 is 23.5 Å². The molecule has 0 radical (unpaired) electrons. The van der Waals surface area contributed by atoms with Crippen LogP contribution in [0.15, 0.2) is 71.5 Å². The number of hydrogen-bond acceptors (Lipinski definition) is 6. The van der Waals surface area contributed by atoms with Crippen molar-refractivity contribution < 1.29 is 19.1 Å². The molecule has 3 atom stereocenters. The second kappa shape index (κ2) is 10.6. The second-order valence-corrected chi connectivity index (χ2v) is 11.5. The molecule has 0 saturated carbocycles. The predicted octanol–water partition coefficient (Wildman–Crippen LogP) is 3.49. The molecule has 9 heteroatoms.